The number of carbonyl (C=O) groups is 3. The van der Waals surface area contributed by atoms with Crippen LogP contribution in [0.1, 0.15) is 39.0 Å². The number of para-hydroxylation sites is 1. The summed E-state index contributed by atoms with van der Waals surface area (Å²) in [7, 11) is 0. The van der Waals surface area contributed by atoms with Crippen LogP contribution in [0.15, 0.2) is 54.6 Å². The summed E-state index contributed by atoms with van der Waals surface area (Å²) >= 11 is 0. The summed E-state index contributed by atoms with van der Waals surface area (Å²) in [6, 6.07) is 16.8. The first-order valence-corrected chi connectivity index (χ1v) is 10.6. The summed E-state index contributed by atoms with van der Waals surface area (Å²) in [4.78, 5) is 39.4. The van der Waals surface area contributed by atoms with Gasteiger partial charge in [0.25, 0.3) is 5.91 Å². The quantitative estimate of drug-likeness (QED) is 0.733. The van der Waals surface area contributed by atoms with Crippen LogP contribution in [-0.2, 0) is 9.59 Å². The SMILES string of the molecule is C[C@@]1(C2CCCCC2)NC(=O)N(CC(=O)Nc2ccccc2-c2ccccc2)C1=O. The van der Waals surface area contributed by atoms with E-state index >= 15 is 0 Å². The van der Waals surface area contributed by atoms with Crippen molar-refractivity contribution >= 4 is 23.5 Å². The Labute approximate surface area is 176 Å². The van der Waals surface area contributed by atoms with E-state index in [0.29, 0.717) is 5.69 Å². The molecule has 4 amide bonds. The summed E-state index contributed by atoms with van der Waals surface area (Å²) < 4.78 is 0. The number of amides is 4. The van der Waals surface area contributed by atoms with Gasteiger partial charge in [-0.2, -0.15) is 0 Å². The fraction of sp³-hybridized carbons (Fsp3) is 0.375. The van der Waals surface area contributed by atoms with Crippen molar-refractivity contribution in [1.82, 2.24) is 10.2 Å². The number of anilines is 1. The van der Waals surface area contributed by atoms with Crippen molar-refractivity contribution in [2.75, 3.05) is 11.9 Å². The maximum absolute atomic E-state index is 13.1. The second kappa shape index (κ2) is 8.30. The molecule has 0 aromatic heterocycles. The highest BCUT2D eigenvalue weighted by Gasteiger charge is 2.52. The maximum Gasteiger partial charge on any atom is 0.325 e. The molecule has 1 atom stereocenters. The molecule has 2 aliphatic rings. The van der Waals surface area contributed by atoms with Crippen LogP contribution >= 0.6 is 0 Å². The highest BCUT2D eigenvalue weighted by Crippen LogP contribution is 2.36. The van der Waals surface area contributed by atoms with Crippen molar-refractivity contribution < 1.29 is 14.4 Å². The molecule has 1 aliphatic carbocycles. The number of rotatable bonds is 5. The van der Waals surface area contributed by atoms with Crippen LogP contribution in [-0.4, -0.2) is 34.8 Å². The Kier molecular flexibility index (Phi) is 5.57. The summed E-state index contributed by atoms with van der Waals surface area (Å²) in [5, 5.41) is 5.73. The van der Waals surface area contributed by atoms with Crippen LogP contribution in [0.4, 0.5) is 10.5 Å². The highest BCUT2D eigenvalue weighted by molar-refractivity contribution is 6.10. The van der Waals surface area contributed by atoms with Crippen molar-refractivity contribution in [3.63, 3.8) is 0 Å². The second-order valence-electron chi connectivity index (χ2n) is 8.32. The van der Waals surface area contributed by atoms with E-state index in [1.54, 1.807) is 6.92 Å². The van der Waals surface area contributed by atoms with Gasteiger partial charge in [0, 0.05) is 11.3 Å². The van der Waals surface area contributed by atoms with Crippen molar-refractivity contribution in [1.29, 1.82) is 0 Å². The Morgan fingerprint density at radius 3 is 2.43 bits per heavy atom. The van der Waals surface area contributed by atoms with Crippen molar-refractivity contribution in [2.45, 2.75) is 44.6 Å². The fourth-order valence-electron chi connectivity index (χ4n) is 4.61. The Morgan fingerprint density at radius 1 is 1.03 bits per heavy atom. The molecule has 2 N–H and O–H groups in total. The van der Waals surface area contributed by atoms with Gasteiger partial charge in [-0.15, -0.1) is 0 Å². The smallest absolute Gasteiger partial charge is 0.324 e. The zero-order chi connectivity index (χ0) is 21.1. The molecule has 2 aromatic rings. The number of benzene rings is 2. The van der Waals surface area contributed by atoms with Crippen LogP contribution in [0.3, 0.4) is 0 Å². The second-order valence-corrected chi connectivity index (χ2v) is 8.32. The predicted octanol–water partition coefficient (Wildman–Crippen LogP) is 4.18. The monoisotopic (exact) mass is 405 g/mol. The van der Waals surface area contributed by atoms with E-state index in [0.717, 1.165) is 41.7 Å². The van der Waals surface area contributed by atoms with Crippen LogP contribution < -0.4 is 10.6 Å². The standard InChI is InChI=1S/C24H27N3O3/c1-24(18-12-6-3-7-13-18)22(29)27(23(30)26-24)16-21(28)25-20-15-9-8-14-19(20)17-10-4-2-5-11-17/h2,4-5,8-11,14-15,18H,3,6-7,12-13,16H2,1H3,(H,25,28)(H,26,30)/t24-/m0/s1. The number of hydrogen-bond acceptors (Lipinski definition) is 3. The van der Waals surface area contributed by atoms with Gasteiger partial charge >= 0.3 is 6.03 Å². The Morgan fingerprint density at radius 2 is 1.70 bits per heavy atom. The van der Waals surface area contributed by atoms with E-state index in [9.17, 15) is 14.4 Å². The Balaban J connectivity index is 1.47. The van der Waals surface area contributed by atoms with Gasteiger partial charge in [0.1, 0.15) is 12.1 Å². The van der Waals surface area contributed by atoms with Crippen LogP contribution in [0.5, 0.6) is 0 Å². The van der Waals surface area contributed by atoms with Crippen molar-refractivity contribution in [3.8, 4) is 11.1 Å². The summed E-state index contributed by atoms with van der Waals surface area (Å²) in [5.41, 5.74) is 1.60. The molecular formula is C24H27N3O3. The molecule has 30 heavy (non-hydrogen) atoms. The molecule has 0 unspecified atom stereocenters. The van der Waals surface area contributed by atoms with Crippen LogP contribution in [0.25, 0.3) is 11.1 Å². The average Bonchev–Trinajstić information content (AvgIpc) is 2.99. The van der Waals surface area contributed by atoms with E-state index < -0.39 is 17.5 Å². The van der Waals surface area contributed by atoms with Gasteiger partial charge in [-0.25, -0.2) is 4.79 Å². The average molecular weight is 405 g/mol. The number of carbonyl (C=O) groups excluding carboxylic acids is 3. The third-order valence-electron chi connectivity index (χ3n) is 6.31. The number of hydrogen-bond donors (Lipinski definition) is 2. The summed E-state index contributed by atoms with van der Waals surface area (Å²) in [6.45, 7) is 1.50. The minimum absolute atomic E-state index is 0.120. The molecule has 2 aromatic carbocycles. The van der Waals surface area contributed by atoms with Gasteiger partial charge in [0.2, 0.25) is 5.91 Å². The maximum atomic E-state index is 13.1. The van der Waals surface area contributed by atoms with Gasteiger partial charge in [-0.3, -0.25) is 14.5 Å². The first kappa shape index (κ1) is 20.1. The first-order valence-electron chi connectivity index (χ1n) is 10.6. The van der Waals surface area contributed by atoms with Crippen molar-refractivity contribution in [3.05, 3.63) is 54.6 Å². The molecular weight excluding hydrogens is 378 g/mol. The van der Waals surface area contributed by atoms with Crippen molar-refractivity contribution in [2.24, 2.45) is 5.92 Å². The van der Waals surface area contributed by atoms with Gasteiger partial charge in [-0.05, 0) is 37.3 Å². The minimum Gasteiger partial charge on any atom is -0.324 e. The van der Waals surface area contributed by atoms with E-state index in [1.807, 2.05) is 54.6 Å². The summed E-state index contributed by atoms with van der Waals surface area (Å²) in [6.07, 6.45) is 5.15. The molecule has 1 saturated heterocycles. The molecule has 6 heteroatoms. The third-order valence-corrected chi connectivity index (χ3v) is 6.31. The summed E-state index contributed by atoms with van der Waals surface area (Å²) in [5.74, 6) is -0.574. The molecule has 1 heterocycles. The largest absolute Gasteiger partial charge is 0.325 e. The molecule has 0 radical (unpaired) electrons. The number of imide groups is 1. The lowest BCUT2D eigenvalue weighted by Gasteiger charge is -2.34. The van der Waals surface area contributed by atoms with E-state index in [-0.39, 0.29) is 18.4 Å². The van der Waals surface area contributed by atoms with Gasteiger partial charge < -0.3 is 10.6 Å². The highest BCUT2D eigenvalue weighted by atomic mass is 16.2. The molecule has 6 nitrogen and oxygen atoms in total. The fourth-order valence-corrected chi connectivity index (χ4v) is 4.61. The molecule has 2 fully saturated rings. The van der Waals surface area contributed by atoms with E-state index in [2.05, 4.69) is 10.6 Å². The van der Waals surface area contributed by atoms with Gasteiger partial charge in [-0.1, -0.05) is 67.8 Å². The third kappa shape index (κ3) is 3.82. The lowest BCUT2D eigenvalue weighted by Crippen LogP contribution is -2.51. The normalized spacial score (nSPS) is 22.1. The van der Waals surface area contributed by atoms with Gasteiger partial charge in [0.15, 0.2) is 0 Å². The molecule has 0 spiro atoms. The van der Waals surface area contributed by atoms with E-state index in [4.69, 9.17) is 0 Å². The lowest BCUT2D eigenvalue weighted by molar-refractivity contribution is -0.135. The topological polar surface area (TPSA) is 78.5 Å². The zero-order valence-electron chi connectivity index (χ0n) is 17.2. The number of nitrogens with one attached hydrogen (secondary N) is 2. The molecule has 0 bridgehead atoms. The molecule has 1 saturated carbocycles. The lowest BCUT2D eigenvalue weighted by atomic mass is 9.75. The van der Waals surface area contributed by atoms with Crippen LogP contribution in [0.2, 0.25) is 0 Å². The van der Waals surface area contributed by atoms with Gasteiger partial charge in [0.05, 0.1) is 0 Å². The molecule has 1 aliphatic heterocycles. The first-order chi connectivity index (χ1) is 14.5. The predicted molar refractivity (Wildman–Crippen MR) is 116 cm³/mol. The van der Waals surface area contributed by atoms with E-state index in [1.165, 1.54) is 6.42 Å². The molecule has 156 valence electrons. The zero-order valence-corrected chi connectivity index (χ0v) is 17.2. The minimum atomic E-state index is -0.917. The molecule has 4 rings (SSSR count). The Hall–Kier alpha value is -3.15. The van der Waals surface area contributed by atoms with Crippen LogP contribution in [0, 0.1) is 5.92 Å². The number of nitrogens with zero attached hydrogens (tertiary/aromatic N) is 1. The Bertz CT molecular complexity index is 953. The number of urea groups is 1.